The predicted molar refractivity (Wildman–Crippen MR) is 79.2 cm³/mol. The van der Waals surface area contributed by atoms with E-state index in [1.54, 1.807) is 6.20 Å². The molecule has 0 bridgehead atoms. The Morgan fingerprint density at radius 3 is 2.72 bits per heavy atom. The van der Waals surface area contributed by atoms with Crippen LogP contribution in [0.4, 0.5) is 0 Å². The first-order chi connectivity index (χ1) is 8.50. The Labute approximate surface area is 120 Å². The Kier molecular flexibility index (Phi) is 3.92. The van der Waals surface area contributed by atoms with Crippen molar-refractivity contribution in [3.05, 3.63) is 38.7 Å². The molecule has 5 heteroatoms. The highest BCUT2D eigenvalue weighted by Crippen LogP contribution is 2.26. The summed E-state index contributed by atoms with van der Waals surface area (Å²) in [5, 5.41) is 0. The molecule has 0 aromatic carbocycles. The molecule has 2 heterocycles. The third-order valence-electron chi connectivity index (χ3n) is 2.70. The maximum atomic E-state index is 5.29. The van der Waals surface area contributed by atoms with Crippen LogP contribution in [0.15, 0.2) is 22.8 Å². The Hall–Kier alpha value is -1.07. The summed E-state index contributed by atoms with van der Waals surface area (Å²) in [6, 6.07) is 3.92. The molecule has 18 heavy (non-hydrogen) atoms. The highest BCUT2D eigenvalue weighted by molar-refractivity contribution is 9.10. The summed E-state index contributed by atoms with van der Waals surface area (Å²) in [6.07, 6.45) is 1.76. The number of rotatable bonds is 2. The average Bonchev–Trinajstić information content (AvgIpc) is 2.33. The fourth-order valence-electron chi connectivity index (χ4n) is 1.72. The molecule has 0 fully saturated rings. The second-order valence-electron chi connectivity index (χ2n) is 4.44. The van der Waals surface area contributed by atoms with Gasteiger partial charge in [0.15, 0.2) is 5.82 Å². The molecule has 0 saturated heterocycles. The predicted octanol–water partition coefficient (Wildman–Crippen LogP) is 4.40. The molecule has 1 N–H and O–H groups in total. The van der Waals surface area contributed by atoms with Gasteiger partial charge in [-0.25, -0.2) is 4.98 Å². The first kappa shape index (κ1) is 13.4. The van der Waals surface area contributed by atoms with E-state index in [1.165, 1.54) is 0 Å². The molecular formula is C13H14BrN3S. The summed E-state index contributed by atoms with van der Waals surface area (Å²) >= 11 is 8.77. The minimum Gasteiger partial charge on any atom is -0.341 e. The van der Waals surface area contributed by atoms with E-state index in [9.17, 15) is 0 Å². The number of nitrogens with one attached hydrogen (secondary N) is 1. The highest BCUT2D eigenvalue weighted by atomic mass is 79.9. The summed E-state index contributed by atoms with van der Waals surface area (Å²) in [6.45, 7) is 6.23. The van der Waals surface area contributed by atoms with Crippen molar-refractivity contribution < 1.29 is 0 Å². The molecule has 0 radical (unpaired) electrons. The molecule has 0 amide bonds. The van der Waals surface area contributed by atoms with Crippen molar-refractivity contribution in [2.45, 2.75) is 26.7 Å². The first-order valence-corrected chi connectivity index (χ1v) is 6.92. The van der Waals surface area contributed by atoms with Gasteiger partial charge < -0.3 is 4.98 Å². The molecule has 2 aromatic heterocycles. The lowest BCUT2D eigenvalue weighted by molar-refractivity contribution is 0.806. The van der Waals surface area contributed by atoms with E-state index < -0.39 is 0 Å². The number of aryl methyl sites for hydroxylation is 1. The number of pyridine rings is 1. The van der Waals surface area contributed by atoms with Gasteiger partial charge in [-0.3, -0.25) is 4.98 Å². The van der Waals surface area contributed by atoms with Crippen molar-refractivity contribution in [1.82, 2.24) is 15.0 Å². The van der Waals surface area contributed by atoms with Crippen LogP contribution in [0.3, 0.4) is 0 Å². The van der Waals surface area contributed by atoms with Crippen molar-refractivity contribution in [3.8, 4) is 11.5 Å². The lowest BCUT2D eigenvalue weighted by atomic mass is 10.1. The van der Waals surface area contributed by atoms with E-state index >= 15 is 0 Å². The number of hydrogen-bond donors (Lipinski definition) is 1. The van der Waals surface area contributed by atoms with Crippen LogP contribution >= 0.6 is 28.1 Å². The smallest absolute Gasteiger partial charge is 0.158 e. The van der Waals surface area contributed by atoms with Gasteiger partial charge in [0.1, 0.15) is 10.3 Å². The summed E-state index contributed by atoms with van der Waals surface area (Å²) in [5.41, 5.74) is 2.97. The normalized spacial score (nSPS) is 10.9. The van der Waals surface area contributed by atoms with Crippen LogP contribution in [0.2, 0.25) is 0 Å². The maximum absolute atomic E-state index is 5.29. The molecule has 94 valence electrons. The maximum Gasteiger partial charge on any atom is 0.158 e. The third kappa shape index (κ3) is 2.52. The van der Waals surface area contributed by atoms with Crippen molar-refractivity contribution >= 4 is 28.1 Å². The topological polar surface area (TPSA) is 41.6 Å². The molecule has 0 aliphatic heterocycles. The summed E-state index contributed by atoms with van der Waals surface area (Å²) in [5.74, 6) is 1.07. The minimum atomic E-state index is 0.340. The molecule has 0 aliphatic rings. The van der Waals surface area contributed by atoms with Crippen LogP contribution in [0, 0.1) is 11.6 Å². The number of aromatic amines is 1. The molecule has 0 aliphatic carbocycles. The van der Waals surface area contributed by atoms with Crippen LogP contribution in [-0.2, 0) is 0 Å². The van der Waals surface area contributed by atoms with Gasteiger partial charge in [-0.1, -0.05) is 32.1 Å². The minimum absolute atomic E-state index is 0.340. The molecule has 0 unspecified atom stereocenters. The molecular weight excluding hydrogens is 310 g/mol. The Balaban J connectivity index is 2.67. The van der Waals surface area contributed by atoms with E-state index in [1.807, 2.05) is 19.1 Å². The van der Waals surface area contributed by atoms with E-state index in [0.29, 0.717) is 10.6 Å². The molecule has 0 saturated carbocycles. The molecule has 0 spiro atoms. The fourth-order valence-corrected chi connectivity index (χ4v) is 2.57. The van der Waals surface area contributed by atoms with Crippen molar-refractivity contribution in [3.63, 3.8) is 0 Å². The zero-order valence-corrected chi connectivity index (χ0v) is 12.9. The van der Waals surface area contributed by atoms with Gasteiger partial charge >= 0.3 is 0 Å². The van der Waals surface area contributed by atoms with Gasteiger partial charge in [0.05, 0.1) is 4.47 Å². The largest absolute Gasteiger partial charge is 0.341 e. The van der Waals surface area contributed by atoms with Crippen LogP contribution < -0.4 is 0 Å². The Morgan fingerprint density at radius 1 is 1.39 bits per heavy atom. The SMILES string of the molecule is Cc1cccnc1-c1nc(=S)c(Br)c(C(C)C)[nH]1. The first-order valence-electron chi connectivity index (χ1n) is 5.72. The van der Waals surface area contributed by atoms with E-state index in [-0.39, 0.29) is 0 Å². The molecule has 2 aromatic rings. The van der Waals surface area contributed by atoms with E-state index in [4.69, 9.17) is 12.2 Å². The monoisotopic (exact) mass is 323 g/mol. The lowest BCUT2D eigenvalue weighted by Crippen LogP contribution is -2.02. The Bertz CT molecular complexity index is 634. The van der Waals surface area contributed by atoms with Gasteiger partial charge in [-0.05, 0) is 40.4 Å². The van der Waals surface area contributed by atoms with Crippen LogP contribution in [0.5, 0.6) is 0 Å². The van der Waals surface area contributed by atoms with Crippen LogP contribution in [0.1, 0.15) is 31.0 Å². The second kappa shape index (κ2) is 5.28. The summed E-state index contributed by atoms with van der Waals surface area (Å²) in [4.78, 5) is 12.1. The fraction of sp³-hybridized carbons (Fsp3) is 0.308. The van der Waals surface area contributed by atoms with Crippen LogP contribution in [-0.4, -0.2) is 15.0 Å². The van der Waals surface area contributed by atoms with Gasteiger partial charge in [0, 0.05) is 11.9 Å². The highest BCUT2D eigenvalue weighted by Gasteiger charge is 2.12. The number of H-pyrrole nitrogens is 1. The average molecular weight is 324 g/mol. The van der Waals surface area contributed by atoms with E-state index in [2.05, 4.69) is 44.7 Å². The quantitative estimate of drug-likeness (QED) is 0.833. The number of halogens is 1. The zero-order chi connectivity index (χ0) is 13.3. The lowest BCUT2D eigenvalue weighted by Gasteiger charge is -2.11. The van der Waals surface area contributed by atoms with Gasteiger partial charge in [-0.2, -0.15) is 0 Å². The van der Waals surface area contributed by atoms with E-state index in [0.717, 1.165) is 27.2 Å². The summed E-state index contributed by atoms with van der Waals surface area (Å²) in [7, 11) is 0. The standard InChI is InChI=1S/C13H14BrN3S/c1-7(2)10-9(14)13(18)17-12(16-10)11-8(3)5-4-6-15-11/h4-7H,1-3H3,(H,16,17,18). The third-order valence-corrected chi connectivity index (χ3v) is 4.06. The number of nitrogens with zero attached hydrogens (tertiary/aromatic N) is 2. The van der Waals surface area contributed by atoms with Gasteiger partial charge in [-0.15, -0.1) is 0 Å². The summed E-state index contributed by atoms with van der Waals surface area (Å²) < 4.78 is 1.43. The second-order valence-corrected chi connectivity index (χ2v) is 5.62. The molecule has 0 atom stereocenters. The molecule has 2 rings (SSSR count). The Morgan fingerprint density at radius 2 is 2.11 bits per heavy atom. The van der Waals surface area contributed by atoms with Gasteiger partial charge in [0.2, 0.25) is 0 Å². The van der Waals surface area contributed by atoms with Crippen LogP contribution in [0.25, 0.3) is 11.5 Å². The number of aromatic nitrogens is 3. The number of hydrogen-bond acceptors (Lipinski definition) is 3. The van der Waals surface area contributed by atoms with Crippen molar-refractivity contribution in [1.29, 1.82) is 0 Å². The molecule has 3 nitrogen and oxygen atoms in total. The van der Waals surface area contributed by atoms with Gasteiger partial charge in [0.25, 0.3) is 0 Å². The van der Waals surface area contributed by atoms with Crippen molar-refractivity contribution in [2.24, 2.45) is 0 Å². The zero-order valence-electron chi connectivity index (χ0n) is 10.5. The van der Waals surface area contributed by atoms with Crippen molar-refractivity contribution in [2.75, 3.05) is 0 Å².